The summed E-state index contributed by atoms with van der Waals surface area (Å²) < 4.78 is 0. The van der Waals surface area contributed by atoms with E-state index in [4.69, 9.17) is 34.8 Å². The highest BCUT2D eigenvalue weighted by atomic mass is 35.5. The van der Waals surface area contributed by atoms with Crippen LogP contribution in [0, 0.1) is 20.8 Å². The largest absolute Gasteiger partial charge is 0.311 e. The van der Waals surface area contributed by atoms with E-state index in [1.165, 1.54) is 50.1 Å². The minimum absolute atomic E-state index is 0. The molecule has 0 spiro atoms. The Kier molecular flexibility index (Phi) is 18.2. The molecule has 0 bridgehead atoms. The molecule has 9 rings (SSSR count). The molecule has 0 unspecified atom stereocenters. The molecule has 0 radical (unpaired) electrons. The van der Waals surface area contributed by atoms with Gasteiger partial charge in [0.25, 0.3) is 0 Å². The fourth-order valence-electron chi connectivity index (χ4n) is 8.16. The van der Waals surface area contributed by atoms with E-state index in [9.17, 15) is 0 Å². The lowest BCUT2D eigenvalue weighted by molar-refractivity contribution is 0.590. The van der Waals surface area contributed by atoms with Gasteiger partial charge in [-0.1, -0.05) is 204 Å². The van der Waals surface area contributed by atoms with Crippen LogP contribution in [-0.2, 0) is 10.8 Å². The molecule has 71 heavy (non-hydrogen) atoms. The van der Waals surface area contributed by atoms with E-state index in [1.54, 1.807) is 0 Å². The Bertz CT molecular complexity index is 2920. The molecule has 0 aliphatic rings. The predicted octanol–water partition coefficient (Wildman–Crippen LogP) is 21.4. The fraction of sp³-hybridized carbons (Fsp3) is 0.182. The summed E-state index contributed by atoms with van der Waals surface area (Å²) >= 11 is 17.8. The number of hydrogen-bond donors (Lipinski definition) is 0. The second-order valence-corrected chi connectivity index (χ2v) is 21.2. The second kappa shape index (κ2) is 24.0. The van der Waals surface area contributed by atoms with Gasteiger partial charge in [-0.05, 0) is 180 Å². The molecule has 0 N–H and O–H groups in total. The molecule has 0 aromatic heterocycles. The van der Waals surface area contributed by atoms with E-state index < -0.39 is 0 Å². The van der Waals surface area contributed by atoms with Crippen LogP contribution in [0.25, 0.3) is 22.3 Å². The van der Waals surface area contributed by atoms with Crippen LogP contribution in [-0.4, -0.2) is 0 Å². The summed E-state index contributed by atoms with van der Waals surface area (Å²) in [7, 11) is 0. The summed E-state index contributed by atoms with van der Waals surface area (Å²) in [5, 5.41) is 2.26. The third-order valence-corrected chi connectivity index (χ3v) is 12.8. The lowest BCUT2D eigenvalue weighted by atomic mass is 9.87. The first-order valence-electron chi connectivity index (χ1n) is 23.8. The topological polar surface area (TPSA) is 6.48 Å². The zero-order chi connectivity index (χ0) is 50.0. The lowest BCUT2D eigenvalue weighted by Crippen LogP contribution is -2.13. The average Bonchev–Trinajstić information content (AvgIpc) is 3.33. The molecular weight excluding hydrogens is 927 g/mol. The van der Waals surface area contributed by atoms with Crippen LogP contribution in [0.15, 0.2) is 218 Å². The first kappa shape index (κ1) is 53.8. The highest BCUT2D eigenvalue weighted by Gasteiger charge is 2.19. The Balaban J connectivity index is 0.000000208. The smallest absolute Gasteiger partial charge is 0.0462 e. The number of rotatable bonds is 8. The van der Waals surface area contributed by atoms with Gasteiger partial charge in [-0.3, -0.25) is 0 Å². The van der Waals surface area contributed by atoms with E-state index >= 15 is 0 Å². The minimum Gasteiger partial charge on any atom is -0.311 e. The molecule has 0 fully saturated rings. The van der Waals surface area contributed by atoms with Crippen molar-refractivity contribution >= 4 is 68.9 Å². The monoisotopic (exact) mass is 992 g/mol. The van der Waals surface area contributed by atoms with Crippen LogP contribution in [0.1, 0.15) is 76.8 Å². The van der Waals surface area contributed by atoms with Crippen LogP contribution in [0.2, 0.25) is 15.1 Å². The van der Waals surface area contributed by atoms with Crippen molar-refractivity contribution in [2.75, 3.05) is 9.80 Å². The molecule has 0 aliphatic heterocycles. The van der Waals surface area contributed by atoms with Gasteiger partial charge in [0.2, 0.25) is 0 Å². The molecule has 9 aromatic carbocycles. The SMILES string of the molecule is C.CC(C)(C)c1ccc(N(c2ccc(Cl)cc2)c2ccc(Cl)cc2)cc1.Cc1cccc(-c2ccc(N(c3ccc(-c4cccc(C)c4)cc3)c3ccc(C(C)(C)C)cc3)cc2)c1.Cc1cccc(Cl)c1. The molecule has 362 valence electrons. The fourth-order valence-corrected chi connectivity index (χ4v) is 8.65. The van der Waals surface area contributed by atoms with E-state index in [0.717, 1.165) is 49.2 Å². The molecule has 0 amide bonds. The normalized spacial score (nSPS) is 11.0. The maximum atomic E-state index is 6.06. The molecule has 9 aromatic rings. The van der Waals surface area contributed by atoms with Crippen molar-refractivity contribution in [1.82, 2.24) is 0 Å². The summed E-state index contributed by atoms with van der Waals surface area (Å²) in [6, 6.07) is 76.3. The van der Waals surface area contributed by atoms with Gasteiger partial charge in [-0.2, -0.15) is 0 Å². The van der Waals surface area contributed by atoms with Crippen molar-refractivity contribution in [2.24, 2.45) is 0 Å². The van der Waals surface area contributed by atoms with Crippen molar-refractivity contribution < 1.29 is 0 Å². The summed E-state index contributed by atoms with van der Waals surface area (Å²) in [4.78, 5) is 4.53. The summed E-state index contributed by atoms with van der Waals surface area (Å²) in [6.45, 7) is 19.7. The van der Waals surface area contributed by atoms with Crippen molar-refractivity contribution in [3.05, 3.63) is 261 Å². The predicted molar refractivity (Wildman–Crippen MR) is 313 cm³/mol. The number of anilines is 6. The number of hydrogen-bond acceptors (Lipinski definition) is 2. The number of nitrogens with zero attached hydrogens (tertiary/aromatic N) is 2. The second-order valence-electron chi connectivity index (χ2n) is 19.8. The highest BCUT2D eigenvalue weighted by molar-refractivity contribution is 6.31. The van der Waals surface area contributed by atoms with Crippen LogP contribution in [0.4, 0.5) is 34.1 Å². The Morgan fingerprint density at radius 2 is 0.549 bits per heavy atom. The van der Waals surface area contributed by atoms with Crippen molar-refractivity contribution in [2.45, 2.75) is 80.6 Å². The van der Waals surface area contributed by atoms with Gasteiger partial charge in [-0.25, -0.2) is 0 Å². The maximum absolute atomic E-state index is 6.06. The molecular formula is C66H67Cl3N2. The van der Waals surface area contributed by atoms with Crippen LogP contribution in [0.3, 0.4) is 0 Å². The van der Waals surface area contributed by atoms with Gasteiger partial charge in [0.05, 0.1) is 0 Å². The van der Waals surface area contributed by atoms with Crippen LogP contribution in [0.5, 0.6) is 0 Å². The molecule has 2 nitrogen and oxygen atoms in total. The third kappa shape index (κ3) is 14.8. The summed E-state index contributed by atoms with van der Waals surface area (Å²) in [5.74, 6) is 0. The Morgan fingerprint density at radius 1 is 0.282 bits per heavy atom. The third-order valence-electron chi connectivity index (χ3n) is 12.1. The van der Waals surface area contributed by atoms with Gasteiger partial charge < -0.3 is 9.80 Å². The van der Waals surface area contributed by atoms with Gasteiger partial charge in [0, 0.05) is 49.2 Å². The van der Waals surface area contributed by atoms with Crippen LogP contribution >= 0.6 is 34.8 Å². The minimum atomic E-state index is 0. The zero-order valence-electron chi connectivity index (χ0n) is 41.8. The lowest BCUT2D eigenvalue weighted by Gasteiger charge is -2.27. The summed E-state index contributed by atoms with van der Waals surface area (Å²) in [6.07, 6.45) is 0. The summed E-state index contributed by atoms with van der Waals surface area (Å²) in [5.41, 5.74) is 18.2. The van der Waals surface area contributed by atoms with Gasteiger partial charge in [-0.15, -0.1) is 0 Å². The van der Waals surface area contributed by atoms with Gasteiger partial charge in [0.15, 0.2) is 0 Å². The highest BCUT2D eigenvalue weighted by Crippen LogP contribution is 2.39. The number of benzene rings is 9. The number of aryl methyl sites for hydroxylation is 3. The van der Waals surface area contributed by atoms with Crippen molar-refractivity contribution in [3.63, 3.8) is 0 Å². The van der Waals surface area contributed by atoms with E-state index in [1.807, 2.05) is 79.7 Å². The molecule has 0 aliphatic carbocycles. The maximum Gasteiger partial charge on any atom is 0.0462 e. The van der Waals surface area contributed by atoms with Crippen molar-refractivity contribution in [3.8, 4) is 22.3 Å². The van der Waals surface area contributed by atoms with E-state index in [0.29, 0.717) is 0 Å². The van der Waals surface area contributed by atoms with Gasteiger partial charge >= 0.3 is 0 Å². The molecule has 0 heterocycles. The quantitative estimate of drug-likeness (QED) is 0.150. The molecule has 5 heteroatoms. The first-order valence-corrected chi connectivity index (χ1v) is 24.9. The van der Waals surface area contributed by atoms with E-state index in [2.05, 4.69) is 211 Å². The van der Waals surface area contributed by atoms with Crippen molar-refractivity contribution in [1.29, 1.82) is 0 Å². The molecule has 0 saturated carbocycles. The average molecular weight is 995 g/mol. The molecule has 0 atom stereocenters. The first-order chi connectivity index (χ1) is 33.4. The standard InChI is InChI=1S/C36H35N.C22H21Cl2N.C7H7Cl.CH4/c1-26-8-6-10-30(24-26)28-12-18-33(19-13-28)37(35-22-16-32(17-23-35)36(3,4)5)34-20-14-29(15-21-34)31-11-7-9-27(2)25-31;1-22(2,3)16-4-10-19(11-5-16)25(20-12-6-17(23)7-13-20)21-14-8-18(24)9-15-21;1-6-3-2-4-7(8)5-6;/h6-25H,1-5H3;4-15H,1-3H3;2-5H,1H3;1H4. The van der Waals surface area contributed by atoms with Crippen LogP contribution < -0.4 is 9.80 Å². The Hall–Kier alpha value is -6.55. The zero-order valence-corrected chi connectivity index (χ0v) is 44.1. The Labute approximate surface area is 440 Å². The van der Waals surface area contributed by atoms with Gasteiger partial charge in [0.1, 0.15) is 0 Å². The number of halogens is 3. The Morgan fingerprint density at radius 3 is 0.803 bits per heavy atom. The van der Waals surface area contributed by atoms with E-state index in [-0.39, 0.29) is 18.3 Å². The molecule has 0 saturated heterocycles.